The van der Waals surface area contributed by atoms with Crippen molar-refractivity contribution in [1.29, 1.82) is 0 Å². The lowest BCUT2D eigenvalue weighted by atomic mass is 10.1. The zero-order valence-electron chi connectivity index (χ0n) is 6.31. The summed E-state index contributed by atoms with van der Waals surface area (Å²) in [6, 6.07) is 0. The van der Waals surface area contributed by atoms with E-state index >= 15 is 0 Å². The Hall–Kier alpha value is 0.660. The molecule has 4 heteroatoms. The van der Waals surface area contributed by atoms with E-state index in [4.69, 9.17) is 11.6 Å². The number of carbonyl (C=O) groups excluding carboxylic acids is 1. The SMILES string of the molecule is CSSC(C)(C)CC(=O)Cl. The number of halogens is 1. The van der Waals surface area contributed by atoms with Gasteiger partial charge in [0.05, 0.1) is 0 Å². The normalized spacial score (nSPS) is 11.6. The van der Waals surface area contributed by atoms with E-state index in [0.29, 0.717) is 6.42 Å². The summed E-state index contributed by atoms with van der Waals surface area (Å²) >= 11 is 5.24. The average molecular weight is 199 g/mol. The summed E-state index contributed by atoms with van der Waals surface area (Å²) in [5, 5.41) is -0.258. The van der Waals surface area contributed by atoms with Gasteiger partial charge in [0.15, 0.2) is 0 Å². The van der Waals surface area contributed by atoms with E-state index in [1.165, 1.54) is 0 Å². The molecule has 0 radical (unpaired) electrons. The quantitative estimate of drug-likeness (QED) is 0.511. The average Bonchev–Trinajstić information content (AvgIpc) is 1.59. The second kappa shape index (κ2) is 4.52. The van der Waals surface area contributed by atoms with Gasteiger partial charge in [0.25, 0.3) is 0 Å². The van der Waals surface area contributed by atoms with Crippen LogP contribution in [0, 0.1) is 0 Å². The molecule has 1 nitrogen and oxygen atoms in total. The van der Waals surface area contributed by atoms with E-state index in [-0.39, 0.29) is 9.99 Å². The predicted octanol–water partition coefficient (Wildman–Crippen LogP) is 2.93. The molecule has 0 atom stereocenters. The van der Waals surface area contributed by atoms with Crippen molar-refractivity contribution in [3.63, 3.8) is 0 Å². The zero-order chi connectivity index (χ0) is 8.20. The topological polar surface area (TPSA) is 17.1 Å². The van der Waals surface area contributed by atoms with Crippen molar-refractivity contribution >= 4 is 38.4 Å². The Labute approximate surface area is 74.7 Å². The molecule has 0 aliphatic heterocycles. The third kappa shape index (κ3) is 5.45. The van der Waals surface area contributed by atoms with E-state index in [1.54, 1.807) is 21.6 Å². The summed E-state index contributed by atoms with van der Waals surface area (Å²) in [5.41, 5.74) is 0. The molecule has 0 aliphatic carbocycles. The highest BCUT2D eigenvalue weighted by Gasteiger charge is 2.20. The smallest absolute Gasteiger partial charge is 0.223 e. The van der Waals surface area contributed by atoms with Crippen molar-refractivity contribution in [2.75, 3.05) is 6.26 Å². The van der Waals surface area contributed by atoms with Crippen molar-refractivity contribution in [2.45, 2.75) is 25.0 Å². The van der Waals surface area contributed by atoms with Gasteiger partial charge in [-0.25, -0.2) is 0 Å². The molecule has 0 N–H and O–H groups in total. The minimum atomic E-state index is -0.258. The number of hydrogen-bond donors (Lipinski definition) is 0. The van der Waals surface area contributed by atoms with Gasteiger partial charge in [-0.15, -0.1) is 0 Å². The maximum Gasteiger partial charge on any atom is 0.223 e. The minimum Gasteiger partial charge on any atom is -0.281 e. The van der Waals surface area contributed by atoms with Gasteiger partial charge in [-0.05, 0) is 31.7 Å². The third-order valence-corrected chi connectivity index (χ3v) is 3.62. The number of rotatable bonds is 4. The largest absolute Gasteiger partial charge is 0.281 e. The van der Waals surface area contributed by atoms with Crippen LogP contribution in [0.3, 0.4) is 0 Å². The number of carbonyl (C=O) groups is 1. The standard InChI is InChI=1S/C6H11ClOS2/c1-6(2,10-9-3)4-5(7)8/h4H2,1-3H3. The van der Waals surface area contributed by atoms with Gasteiger partial charge in [-0.2, -0.15) is 0 Å². The van der Waals surface area contributed by atoms with E-state index in [1.807, 2.05) is 20.1 Å². The first kappa shape index (κ1) is 10.7. The van der Waals surface area contributed by atoms with Crippen molar-refractivity contribution in [3.8, 4) is 0 Å². The van der Waals surface area contributed by atoms with Crippen molar-refractivity contribution in [3.05, 3.63) is 0 Å². The van der Waals surface area contributed by atoms with Gasteiger partial charge in [-0.1, -0.05) is 21.6 Å². The number of hydrogen-bond acceptors (Lipinski definition) is 3. The van der Waals surface area contributed by atoms with Crippen LogP contribution in [-0.2, 0) is 4.79 Å². The first-order valence-electron chi connectivity index (χ1n) is 2.88. The third-order valence-electron chi connectivity index (χ3n) is 0.874. The van der Waals surface area contributed by atoms with Gasteiger partial charge < -0.3 is 0 Å². The first-order chi connectivity index (χ1) is 4.48. The van der Waals surface area contributed by atoms with Crippen molar-refractivity contribution < 1.29 is 4.79 Å². The second-order valence-electron chi connectivity index (χ2n) is 2.54. The molecular formula is C6H11ClOS2. The van der Waals surface area contributed by atoms with Gasteiger partial charge in [0.2, 0.25) is 5.24 Å². The molecule has 0 fully saturated rings. The fraction of sp³-hybridized carbons (Fsp3) is 0.833. The lowest BCUT2D eigenvalue weighted by molar-refractivity contribution is -0.112. The maximum absolute atomic E-state index is 10.5. The van der Waals surface area contributed by atoms with Gasteiger partial charge in [0.1, 0.15) is 0 Å². The molecule has 0 aromatic carbocycles. The van der Waals surface area contributed by atoms with Crippen LogP contribution in [0.2, 0.25) is 0 Å². The maximum atomic E-state index is 10.5. The van der Waals surface area contributed by atoms with Gasteiger partial charge in [-0.3, -0.25) is 4.79 Å². The Balaban J connectivity index is 3.74. The summed E-state index contributed by atoms with van der Waals surface area (Å²) in [6.07, 6.45) is 2.42. The van der Waals surface area contributed by atoms with E-state index < -0.39 is 0 Å². The molecule has 0 saturated carbocycles. The molecule has 60 valence electrons. The fourth-order valence-corrected chi connectivity index (χ4v) is 3.17. The molecule has 0 rings (SSSR count). The van der Waals surface area contributed by atoms with Crippen LogP contribution in [0.25, 0.3) is 0 Å². The first-order valence-corrected chi connectivity index (χ1v) is 5.82. The highest BCUT2D eigenvalue weighted by molar-refractivity contribution is 8.76. The molecule has 0 aromatic rings. The lowest BCUT2D eigenvalue weighted by Crippen LogP contribution is -2.15. The van der Waals surface area contributed by atoms with Gasteiger partial charge in [0, 0.05) is 11.2 Å². The molecule has 0 unspecified atom stereocenters. The minimum absolute atomic E-state index is 0.0295. The van der Waals surface area contributed by atoms with Crippen LogP contribution < -0.4 is 0 Å². The molecule has 0 aromatic heterocycles. The summed E-state index contributed by atoms with van der Waals surface area (Å²) in [5.74, 6) is 0. The Morgan fingerprint density at radius 3 is 2.40 bits per heavy atom. The van der Waals surface area contributed by atoms with Crippen LogP contribution in [0.5, 0.6) is 0 Å². The van der Waals surface area contributed by atoms with Crippen LogP contribution in [-0.4, -0.2) is 16.2 Å². The van der Waals surface area contributed by atoms with Crippen molar-refractivity contribution in [1.82, 2.24) is 0 Å². The van der Waals surface area contributed by atoms with Crippen LogP contribution in [0.1, 0.15) is 20.3 Å². The van der Waals surface area contributed by atoms with E-state index in [2.05, 4.69) is 0 Å². The Bertz CT molecular complexity index is 125. The summed E-state index contributed by atoms with van der Waals surface area (Å²) in [4.78, 5) is 10.5. The fourth-order valence-electron chi connectivity index (χ4n) is 0.590. The highest BCUT2D eigenvalue weighted by Crippen LogP contribution is 2.36. The summed E-state index contributed by atoms with van der Waals surface area (Å²) in [6.45, 7) is 4.02. The van der Waals surface area contributed by atoms with E-state index in [0.717, 1.165) is 0 Å². The zero-order valence-corrected chi connectivity index (χ0v) is 8.70. The van der Waals surface area contributed by atoms with E-state index in [9.17, 15) is 4.79 Å². The molecule has 0 spiro atoms. The molecule has 0 heterocycles. The summed E-state index contributed by atoms with van der Waals surface area (Å²) in [7, 11) is 3.33. The van der Waals surface area contributed by atoms with Crippen LogP contribution >= 0.6 is 33.2 Å². The van der Waals surface area contributed by atoms with Gasteiger partial charge >= 0.3 is 0 Å². The van der Waals surface area contributed by atoms with Crippen LogP contribution in [0.4, 0.5) is 0 Å². The Morgan fingerprint density at radius 1 is 1.60 bits per heavy atom. The Kier molecular flexibility index (Phi) is 4.82. The second-order valence-corrected chi connectivity index (χ2v) is 6.07. The molecule has 0 saturated heterocycles. The molecular weight excluding hydrogens is 188 g/mol. The molecule has 0 bridgehead atoms. The molecule has 10 heavy (non-hydrogen) atoms. The lowest BCUT2D eigenvalue weighted by Gasteiger charge is -2.19. The summed E-state index contributed by atoms with van der Waals surface area (Å²) < 4.78 is -0.0295. The monoisotopic (exact) mass is 198 g/mol. The van der Waals surface area contributed by atoms with Crippen LogP contribution in [0.15, 0.2) is 0 Å². The van der Waals surface area contributed by atoms with Crippen molar-refractivity contribution in [2.24, 2.45) is 0 Å². The Morgan fingerprint density at radius 2 is 2.10 bits per heavy atom. The highest BCUT2D eigenvalue weighted by atomic mass is 35.5. The molecule has 0 amide bonds. The molecule has 0 aliphatic rings. The predicted molar refractivity (Wildman–Crippen MR) is 50.7 cm³/mol.